The van der Waals surface area contributed by atoms with Gasteiger partial charge in [-0.1, -0.05) is 57.2 Å². The standard InChI is InChI=1S/C15H20O/c1-5-12(4)14(15(16)11(2)3)13-9-7-6-8-10-13/h6-10,12,14H,2,5H2,1,3-4H3. The van der Waals surface area contributed by atoms with Crippen molar-refractivity contribution in [3.05, 3.63) is 48.0 Å². The van der Waals surface area contributed by atoms with Crippen molar-refractivity contribution in [2.45, 2.75) is 33.1 Å². The van der Waals surface area contributed by atoms with Crippen LogP contribution in [-0.4, -0.2) is 5.78 Å². The van der Waals surface area contributed by atoms with E-state index in [4.69, 9.17) is 0 Å². The summed E-state index contributed by atoms with van der Waals surface area (Å²) in [7, 11) is 0. The number of rotatable bonds is 5. The highest BCUT2D eigenvalue weighted by molar-refractivity contribution is 5.99. The number of carbonyl (C=O) groups is 1. The summed E-state index contributed by atoms with van der Waals surface area (Å²) in [5, 5.41) is 0. The van der Waals surface area contributed by atoms with E-state index in [9.17, 15) is 4.79 Å². The monoisotopic (exact) mass is 216 g/mol. The Morgan fingerprint density at radius 3 is 2.31 bits per heavy atom. The number of carbonyl (C=O) groups excluding carboxylic acids is 1. The van der Waals surface area contributed by atoms with Crippen LogP contribution in [0.4, 0.5) is 0 Å². The van der Waals surface area contributed by atoms with E-state index in [0.29, 0.717) is 11.5 Å². The highest BCUT2D eigenvalue weighted by Gasteiger charge is 2.25. The smallest absolute Gasteiger partial charge is 0.165 e. The van der Waals surface area contributed by atoms with Gasteiger partial charge in [-0.25, -0.2) is 0 Å². The van der Waals surface area contributed by atoms with Crippen LogP contribution in [0.5, 0.6) is 0 Å². The first-order valence-electron chi connectivity index (χ1n) is 5.82. The van der Waals surface area contributed by atoms with Crippen LogP contribution in [0.15, 0.2) is 42.5 Å². The van der Waals surface area contributed by atoms with E-state index in [1.54, 1.807) is 6.92 Å². The molecule has 0 spiro atoms. The Morgan fingerprint density at radius 1 is 1.31 bits per heavy atom. The Morgan fingerprint density at radius 2 is 1.88 bits per heavy atom. The molecule has 0 aliphatic rings. The maximum absolute atomic E-state index is 12.1. The number of ketones is 1. The van der Waals surface area contributed by atoms with Gasteiger partial charge in [0.2, 0.25) is 0 Å². The lowest BCUT2D eigenvalue weighted by molar-refractivity contribution is -0.117. The summed E-state index contributed by atoms with van der Waals surface area (Å²) in [4.78, 5) is 12.1. The van der Waals surface area contributed by atoms with Gasteiger partial charge in [-0.05, 0) is 24.0 Å². The van der Waals surface area contributed by atoms with Crippen LogP contribution >= 0.6 is 0 Å². The fraction of sp³-hybridized carbons (Fsp3) is 0.400. The average molecular weight is 216 g/mol. The van der Waals surface area contributed by atoms with E-state index >= 15 is 0 Å². The van der Waals surface area contributed by atoms with Gasteiger partial charge in [0.25, 0.3) is 0 Å². The molecule has 0 saturated heterocycles. The fourth-order valence-electron chi connectivity index (χ4n) is 1.90. The van der Waals surface area contributed by atoms with Crippen molar-refractivity contribution in [3.63, 3.8) is 0 Å². The van der Waals surface area contributed by atoms with E-state index in [-0.39, 0.29) is 11.7 Å². The van der Waals surface area contributed by atoms with Crippen molar-refractivity contribution >= 4 is 5.78 Å². The molecule has 16 heavy (non-hydrogen) atoms. The third kappa shape index (κ3) is 2.82. The number of allylic oxidation sites excluding steroid dienone is 1. The normalized spacial score (nSPS) is 14.2. The summed E-state index contributed by atoms with van der Waals surface area (Å²) in [5.41, 5.74) is 1.75. The van der Waals surface area contributed by atoms with Gasteiger partial charge in [0.1, 0.15) is 0 Å². The molecule has 0 radical (unpaired) electrons. The zero-order valence-corrected chi connectivity index (χ0v) is 10.4. The lowest BCUT2D eigenvalue weighted by Gasteiger charge is -2.22. The third-order valence-electron chi connectivity index (χ3n) is 3.07. The lowest BCUT2D eigenvalue weighted by atomic mass is 9.80. The first-order chi connectivity index (χ1) is 7.57. The van der Waals surface area contributed by atoms with Crippen LogP contribution in [-0.2, 0) is 4.79 Å². The Balaban J connectivity index is 3.06. The molecule has 0 bridgehead atoms. The highest BCUT2D eigenvalue weighted by Crippen LogP contribution is 2.29. The molecular formula is C15H20O. The maximum Gasteiger partial charge on any atom is 0.165 e. The Labute approximate surface area is 98.2 Å². The number of hydrogen-bond donors (Lipinski definition) is 0. The van der Waals surface area contributed by atoms with Gasteiger partial charge in [-0.15, -0.1) is 0 Å². The van der Waals surface area contributed by atoms with Crippen molar-refractivity contribution in [1.29, 1.82) is 0 Å². The van der Waals surface area contributed by atoms with Gasteiger partial charge in [0, 0.05) is 5.92 Å². The molecule has 86 valence electrons. The Bertz CT molecular complexity index is 364. The minimum Gasteiger partial charge on any atom is -0.294 e. The second-order valence-electron chi connectivity index (χ2n) is 4.42. The summed E-state index contributed by atoms with van der Waals surface area (Å²) >= 11 is 0. The van der Waals surface area contributed by atoms with Crippen LogP contribution in [0.25, 0.3) is 0 Å². The van der Waals surface area contributed by atoms with Crippen LogP contribution in [0.1, 0.15) is 38.7 Å². The lowest BCUT2D eigenvalue weighted by Crippen LogP contribution is -2.20. The molecule has 1 heteroatoms. The second kappa shape index (κ2) is 5.64. The minimum absolute atomic E-state index is 0.0382. The second-order valence-corrected chi connectivity index (χ2v) is 4.42. The fourth-order valence-corrected chi connectivity index (χ4v) is 1.90. The SMILES string of the molecule is C=C(C)C(=O)C(c1ccccc1)C(C)CC. The summed E-state index contributed by atoms with van der Waals surface area (Å²) in [6, 6.07) is 9.99. The molecular weight excluding hydrogens is 196 g/mol. The molecule has 2 unspecified atom stereocenters. The summed E-state index contributed by atoms with van der Waals surface area (Å²) in [6.45, 7) is 9.80. The highest BCUT2D eigenvalue weighted by atomic mass is 16.1. The molecule has 0 aromatic heterocycles. The predicted octanol–water partition coefficient (Wildman–Crippen LogP) is 3.96. The van der Waals surface area contributed by atoms with Gasteiger partial charge in [0.15, 0.2) is 5.78 Å². The quantitative estimate of drug-likeness (QED) is 0.681. The third-order valence-corrected chi connectivity index (χ3v) is 3.07. The largest absolute Gasteiger partial charge is 0.294 e. The molecule has 2 atom stereocenters. The zero-order valence-electron chi connectivity index (χ0n) is 10.4. The molecule has 1 rings (SSSR count). The number of Topliss-reactive ketones (excluding diaryl/α,β-unsaturated/α-hetero) is 1. The molecule has 0 fully saturated rings. The summed E-state index contributed by atoms with van der Waals surface area (Å²) in [5.74, 6) is 0.482. The van der Waals surface area contributed by atoms with Crippen LogP contribution in [0.3, 0.4) is 0 Å². The number of benzene rings is 1. The summed E-state index contributed by atoms with van der Waals surface area (Å²) in [6.07, 6.45) is 0.999. The van der Waals surface area contributed by atoms with E-state index in [1.807, 2.05) is 30.3 Å². The van der Waals surface area contributed by atoms with Gasteiger partial charge < -0.3 is 0 Å². The Hall–Kier alpha value is -1.37. The van der Waals surface area contributed by atoms with E-state index in [0.717, 1.165) is 12.0 Å². The maximum atomic E-state index is 12.1. The molecule has 1 aromatic carbocycles. The van der Waals surface area contributed by atoms with Gasteiger partial charge in [0.05, 0.1) is 0 Å². The molecule has 0 amide bonds. The van der Waals surface area contributed by atoms with Gasteiger partial charge >= 0.3 is 0 Å². The zero-order chi connectivity index (χ0) is 12.1. The van der Waals surface area contributed by atoms with Crippen LogP contribution in [0, 0.1) is 5.92 Å². The minimum atomic E-state index is -0.0382. The summed E-state index contributed by atoms with van der Waals surface area (Å²) < 4.78 is 0. The van der Waals surface area contributed by atoms with Crippen LogP contribution in [0.2, 0.25) is 0 Å². The first kappa shape index (κ1) is 12.7. The van der Waals surface area contributed by atoms with E-state index in [1.165, 1.54) is 0 Å². The molecule has 1 nitrogen and oxygen atoms in total. The van der Waals surface area contributed by atoms with Crippen molar-refractivity contribution in [2.75, 3.05) is 0 Å². The predicted molar refractivity (Wildman–Crippen MR) is 68.5 cm³/mol. The van der Waals surface area contributed by atoms with Crippen molar-refractivity contribution in [1.82, 2.24) is 0 Å². The van der Waals surface area contributed by atoms with Gasteiger partial charge in [-0.3, -0.25) is 4.79 Å². The first-order valence-corrected chi connectivity index (χ1v) is 5.82. The topological polar surface area (TPSA) is 17.1 Å². The van der Waals surface area contributed by atoms with Crippen molar-refractivity contribution < 1.29 is 4.79 Å². The van der Waals surface area contributed by atoms with E-state index < -0.39 is 0 Å². The van der Waals surface area contributed by atoms with Gasteiger partial charge in [-0.2, -0.15) is 0 Å². The van der Waals surface area contributed by atoms with Crippen LogP contribution < -0.4 is 0 Å². The molecule has 0 N–H and O–H groups in total. The van der Waals surface area contributed by atoms with Crippen molar-refractivity contribution in [2.24, 2.45) is 5.92 Å². The molecule has 0 aliphatic carbocycles. The molecule has 0 saturated carbocycles. The molecule has 1 aromatic rings. The number of hydrogen-bond acceptors (Lipinski definition) is 1. The van der Waals surface area contributed by atoms with E-state index in [2.05, 4.69) is 20.4 Å². The van der Waals surface area contributed by atoms with Crippen molar-refractivity contribution in [3.8, 4) is 0 Å². The molecule has 0 heterocycles. The Kier molecular flexibility index (Phi) is 4.48. The average Bonchev–Trinajstić information content (AvgIpc) is 2.30. The molecule has 0 aliphatic heterocycles.